The minimum absolute atomic E-state index is 0.669. The van der Waals surface area contributed by atoms with Crippen LogP contribution in [0.1, 0.15) is 35.8 Å². The number of nitrogens with zero attached hydrogens (tertiary/aromatic N) is 2. The van der Waals surface area contributed by atoms with E-state index in [1.54, 1.807) is 7.11 Å². The van der Waals surface area contributed by atoms with E-state index in [0.717, 1.165) is 25.6 Å². The van der Waals surface area contributed by atoms with Gasteiger partial charge in [-0.15, -0.1) is 11.3 Å². The van der Waals surface area contributed by atoms with Crippen LogP contribution >= 0.6 is 23.1 Å². The minimum Gasteiger partial charge on any atom is -0.383 e. The molecule has 3 rings (SSSR count). The zero-order valence-corrected chi connectivity index (χ0v) is 14.6. The smallest absolute Gasteiger partial charge is 0.185 e. The Balaban J connectivity index is 1.66. The Morgan fingerprint density at radius 3 is 2.90 bits per heavy atom. The molecule has 1 unspecified atom stereocenters. The number of hydrogen-bond acceptors (Lipinski definition) is 6. The third-order valence-corrected chi connectivity index (χ3v) is 6.51. The molecule has 6 heteroatoms. The SMILES string of the molecule is COCCNCc1sc(N(C)C2CCSC2)nc1C1CC1. The molecule has 1 atom stereocenters. The molecule has 2 heterocycles. The summed E-state index contributed by atoms with van der Waals surface area (Å²) in [5.41, 5.74) is 1.36. The number of ether oxygens (including phenoxy) is 1. The molecule has 0 amide bonds. The van der Waals surface area contributed by atoms with Crippen LogP contribution in [0.4, 0.5) is 5.13 Å². The molecular formula is C15H25N3OS2. The van der Waals surface area contributed by atoms with Crippen molar-refractivity contribution >= 4 is 28.2 Å². The Morgan fingerprint density at radius 1 is 1.38 bits per heavy atom. The molecule has 1 aromatic rings. The van der Waals surface area contributed by atoms with Gasteiger partial charge in [-0.1, -0.05) is 0 Å². The van der Waals surface area contributed by atoms with Crippen LogP contribution in [-0.2, 0) is 11.3 Å². The fourth-order valence-electron chi connectivity index (χ4n) is 2.66. The van der Waals surface area contributed by atoms with Gasteiger partial charge in [-0.25, -0.2) is 4.98 Å². The lowest BCUT2D eigenvalue weighted by Crippen LogP contribution is -2.31. The van der Waals surface area contributed by atoms with Gasteiger partial charge < -0.3 is 15.0 Å². The van der Waals surface area contributed by atoms with Gasteiger partial charge in [-0.05, 0) is 25.0 Å². The maximum Gasteiger partial charge on any atom is 0.185 e. The molecular weight excluding hydrogens is 302 g/mol. The molecule has 4 nitrogen and oxygen atoms in total. The van der Waals surface area contributed by atoms with Crippen LogP contribution in [0.2, 0.25) is 0 Å². The molecule has 118 valence electrons. The number of thioether (sulfide) groups is 1. The van der Waals surface area contributed by atoms with Crippen LogP contribution in [0.25, 0.3) is 0 Å². The van der Waals surface area contributed by atoms with Gasteiger partial charge in [-0.2, -0.15) is 11.8 Å². The fraction of sp³-hybridized carbons (Fsp3) is 0.800. The van der Waals surface area contributed by atoms with Crippen molar-refractivity contribution in [3.8, 4) is 0 Å². The monoisotopic (exact) mass is 327 g/mol. The second-order valence-corrected chi connectivity index (χ2v) is 8.09. The summed E-state index contributed by atoms with van der Waals surface area (Å²) in [5, 5.41) is 4.69. The van der Waals surface area contributed by atoms with Gasteiger partial charge in [0.1, 0.15) is 0 Å². The zero-order valence-electron chi connectivity index (χ0n) is 12.9. The molecule has 1 aliphatic heterocycles. The van der Waals surface area contributed by atoms with E-state index in [9.17, 15) is 0 Å². The van der Waals surface area contributed by atoms with Crippen molar-refractivity contribution in [2.24, 2.45) is 0 Å². The molecule has 2 fully saturated rings. The summed E-state index contributed by atoms with van der Waals surface area (Å²) in [4.78, 5) is 8.82. The first kappa shape index (κ1) is 15.6. The van der Waals surface area contributed by atoms with Gasteiger partial charge in [0, 0.05) is 49.8 Å². The van der Waals surface area contributed by atoms with Crippen molar-refractivity contribution in [2.45, 2.75) is 37.8 Å². The van der Waals surface area contributed by atoms with Crippen molar-refractivity contribution in [1.29, 1.82) is 0 Å². The first-order valence-electron chi connectivity index (χ1n) is 7.79. The predicted octanol–water partition coefficient (Wildman–Crippen LogP) is 2.70. The van der Waals surface area contributed by atoms with E-state index in [2.05, 4.69) is 29.0 Å². The lowest BCUT2D eigenvalue weighted by molar-refractivity contribution is 0.199. The van der Waals surface area contributed by atoms with Crippen molar-refractivity contribution in [3.05, 3.63) is 10.6 Å². The maximum atomic E-state index is 5.10. The Hall–Kier alpha value is -0.300. The van der Waals surface area contributed by atoms with Gasteiger partial charge in [0.15, 0.2) is 5.13 Å². The van der Waals surface area contributed by atoms with Crippen LogP contribution in [0.3, 0.4) is 0 Å². The summed E-state index contributed by atoms with van der Waals surface area (Å²) in [5.74, 6) is 3.26. The Morgan fingerprint density at radius 2 is 2.24 bits per heavy atom. The lowest BCUT2D eigenvalue weighted by Gasteiger charge is -2.22. The normalized spacial score (nSPS) is 21.9. The molecule has 0 bridgehead atoms. The first-order valence-corrected chi connectivity index (χ1v) is 9.76. The number of rotatable bonds is 8. The highest BCUT2D eigenvalue weighted by Gasteiger charge is 2.31. The molecule has 1 saturated heterocycles. The van der Waals surface area contributed by atoms with E-state index < -0.39 is 0 Å². The van der Waals surface area contributed by atoms with E-state index in [4.69, 9.17) is 9.72 Å². The second-order valence-electron chi connectivity index (χ2n) is 5.88. The summed E-state index contributed by atoms with van der Waals surface area (Å²) >= 11 is 3.95. The van der Waals surface area contributed by atoms with Crippen LogP contribution in [0, 0.1) is 0 Å². The van der Waals surface area contributed by atoms with E-state index in [1.165, 1.54) is 46.5 Å². The van der Waals surface area contributed by atoms with Crippen molar-refractivity contribution < 1.29 is 4.74 Å². The Labute approximate surface area is 135 Å². The molecule has 1 aliphatic carbocycles. The average Bonchev–Trinajstić information content (AvgIpc) is 3.04. The van der Waals surface area contributed by atoms with Gasteiger partial charge in [0.25, 0.3) is 0 Å². The third-order valence-electron chi connectivity index (χ3n) is 4.20. The zero-order chi connectivity index (χ0) is 14.7. The summed E-state index contributed by atoms with van der Waals surface area (Å²) in [6, 6.07) is 0.669. The van der Waals surface area contributed by atoms with Gasteiger partial charge in [0.2, 0.25) is 0 Å². The molecule has 1 saturated carbocycles. The summed E-state index contributed by atoms with van der Waals surface area (Å²) < 4.78 is 5.10. The van der Waals surface area contributed by atoms with Crippen molar-refractivity contribution in [1.82, 2.24) is 10.3 Å². The highest BCUT2D eigenvalue weighted by atomic mass is 32.2. The number of hydrogen-bond donors (Lipinski definition) is 1. The number of thiazole rings is 1. The first-order chi connectivity index (χ1) is 10.3. The van der Waals surface area contributed by atoms with Gasteiger partial charge in [0.05, 0.1) is 12.3 Å². The van der Waals surface area contributed by atoms with Crippen LogP contribution in [0.5, 0.6) is 0 Å². The lowest BCUT2D eigenvalue weighted by atomic mass is 10.2. The molecule has 0 radical (unpaired) electrons. The van der Waals surface area contributed by atoms with Crippen molar-refractivity contribution in [3.63, 3.8) is 0 Å². The Kier molecular flexibility index (Phi) is 5.43. The van der Waals surface area contributed by atoms with E-state index in [1.807, 2.05) is 11.3 Å². The van der Waals surface area contributed by atoms with Gasteiger partial charge >= 0.3 is 0 Å². The van der Waals surface area contributed by atoms with Crippen molar-refractivity contribution in [2.75, 3.05) is 43.7 Å². The largest absolute Gasteiger partial charge is 0.383 e. The maximum absolute atomic E-state index is 5.10. The number of anilines is 1. The third kappa shape index (κ3) is 3.92. The number of aromatic nitrogens is 1. The van der Waals surface area contributed by atoms with E-state index in [0.29, 0.717) is 6.04 Å². The van der Waals surface area contributed by atoms with Crippen LogP contribution < -0.4 is 10.2 Å². The molecule has 21 heavy (non-hydrogen) atoms. The minimum atomic E-state index is 0.669. The predicted molar refractivity (Wildman–Crippen MR) is 91.8 cm³/mol. The molecule has 1 N–H and O–H groups in total. The summed E-state index contributed by atoms with van der Waals surface area (Å²) in [7, 11) is 3.96. The van der Waals surface area contributed by atoms with Crippen LogP contribution in [-0.4, -0.2) is 49.8 Å². The Bertz CT molecular complexity index is 456. The van der Waals surface area contributed by atoms with Gasteiger partial charge in [-0.3, -0.25) is 0 Å². The highest BCUT2D eigenvalue weighted by Crippen LogP contribution is 2.44. The second kappa shape index (κ2) is 7.31. The number of methoxy groups -OCH3 is 1. The van der Waals surface area contributed by atoms with E-state index >= 15 is 0 Å². The average molecular weight is 328 g/mol. The molecule has 2 aliphatic rings. The quantitative estimate of drug-likeness (QED) is 0.743. The highest BCUT2D eigenvalue weighted by molar-refractivity contribution is 7.99. The fourth-order valence-corrected chi connectivity index (χ4v) is 5.08. The van der Waals surface area contributed by atoms with E-state index in [-0.39, 0.29) is 0 Å². The molecule has 0 spiro atoms. The summed E-state index contributed by atoms with van der Waals surface area (Å²) in [6.07, 6.45) is 3.93. The summed E-state index contributed by atoms with van der Waals surface area (Å²) in [6.45, 7) is 2.60. The molecule has 1 aromatic heterocycles. The molecule has 0 aromatic carbocycles. The standard InChI is InChI=1S/C15H25N3OS2/c1-18(12-5-8-20-10-12)15-17-14(11-3-4-11)13(21-15)9-16-6-7-19-2/h11-12,16H,3-10H2,1-2H3. The number of nitrogens with one attached hydrogen (secondary N) is 1. The topological polar surface area (TPSA) is 37.4 Å². The van der Waals surface area contributed by atoms with Crippen LogP contribution in [0.15, 0.2) is 0 Å².